The number of β-lactam (4-membered cyclic amide) rings is 1. The van der Waals surface area contributed by atoms with Crippen molar-refractivity contribution in [3.8, 4) is 0 Å². The number of carbonyl (C=O) groups is 3. The van der Waals surface area contributed by atoms with Gasteiger partial charge in [0.1, 0.15) is 16.6 Å². The van der Waals surface area contributed by atoms with E-state index < -0.39 is 22.9 Å². The van der Waals surface area contributed by atoms with Crippen LogP contribution < -0.4 is 11.1 Å². The fourth-order valence-corrected chi connectivity index (χ4v) is 5.37. The number of hydrogen-bond donors (Lipinski definition) is 3. The van der Waals surface area contributed by atoms with E-state index in [0.29, 0.717) is 23.5 Å². The number of carboxylic acids is 1. The average molecular weight is 373 g/mol. The lowest BCUT2D eigenvalue weighted by Gasteiger charge is -2.54. The van der Waals surface area contributed by atoms with Gasteiger partial charge in [0.25, 0.3) is 5.91 Å². The third-order valence-corrected chi connectivity index (χ3v) is 6.76. The van der Waals surface area contributed by atoms with Crippen LogP contribution in [-0.2, 0) is 14.4 Å². The second-order valence-electron chi connectivity index (χ2n) is 4.72. The first kappa shape index (κ1) is 16.2. The van der Waals surface area contributed by atoms with Crippen LogP contribution in [0.1, 0.15) is 0 Å². The molecule has 0 radical (unpaired) electrons. The minimum Gasteiger partial charge on any atom is -0.477 e. The van der Waals surface area contributed by atoms with Gasteiger partial charge in [0.15, 0.2) is 4.34 Å². The molecule has 0 saturated carbocycles. The lowest BCUT2D eigenvalue weighted by atomic mass is 9.97. The molecule has 23 heavy (non-hydrogen) atoms. The Morgan fingerprint density at radius 3 is 3.09 bits per heavy atom. The first-order valence-corrected chi connectivity index (χ1v) is 9.20. The van der Waals surface area contributed by atoms with Crippen LogP contribution in [0.5, 0.6) is 0 Å². The van der Waals surface area contributed by atoms with Gasteiger partial charge in [-0.25, -0.2) is 4.79 Å². The van der Waals surface area contributed by atoms with E-state index in [4.69, 9.17) is 5.73 Å². The van der Waals surface area contributed by atoms with Crippen LogP contribution >= 0.6 is 34.9 Å². The van der Waals surface area contributed by atoms with Crippen LogP contribution in [0.15, 0.2) is 21.1 Å². The fraction of sp³-hybridized carbons (Fsp3) is 0.364. The molecule has 3 rings (SSSR count). The van der Waals surface area contributed by atoms with E-state index in [1.807, 2.05) is 0 Å². The number of nitrogens with two attached hydrogens (primary N) is 1. The van der Waals surface area contributed by atoms with Crippen LogP contribution in [-0.4, -0.2) is 61.0 Å². The molecule has 2 amide bonds. The number of aliphatic carboxylic acids is 1. The molecule has 122 valence electrons. The van der Waals surface area contributed by atoms with Crippen molar-refractivity contribution in [2.45, 2.75) is 15.4 Å². The number of nitrogens with one attached hydrogen (secondary N) is 1. The molecule has 1 saturated heterocycles. The summed E-state index contributed by atoms with van der Waals surface area (Å²) in [4.78, 5) is 35.6. The molecular weight excluding hydrogens is 362 g/mol. The molecule has 1 aromatic heterocycles. The molecule has 3 heterocycles. The molecule has 0 spiro atoms. The summed E-state index contributed by atoms with van der Waals surface area (Å²) in [6, 6.07) is 0. The van der Waals surface area contributed by atoms with Gasteiger partial charge in [0.2, 0.25) is 12.1 Å². The smallest absolute Gasteiger partial charge is 0.352 e. The third kappa shape index (κ3) is 2.60. The quantitative estimate of drug-likeness (QED) is 0.255. The second kappa shape index (κ2) is 6.11. The number of aromatic nitrogens is 2. The summed E-state index contributed by atoms with van der Waals surface area (Å²) in [6.45, 7) is 0. The summed E-state index contributed by atoms with van der Waals surface area (Å²) in [6.07, 6.45) is 0.348. The predicted molar refractivity (Wildman–Crippen MR) is 84.5 cm³/mol. The Morgan fingerprint density at radius 2 is 2.48 bits per heavy atom. The second-order valence-corrected chi connectivity index (χ2v) is 7.84. The van der Waals surface area contributed by atoms with Crippen molar-refractivity contribution in [1.82, 2.24) is 20.4 Å². The van der Waals surface area contributed by atoms with Crippen LogP contribution in [0.2, 0.25) is 0 Å². The number of nitrogens with zero attached hydrogens (tertiary/aromatic N) is 3. The SMILES string of the molecule is N[C@]1(NC=O)C(=O)N2C(C(=O)O)=C(CSc3nncs3)CS[C@@H]21. The van der Waals surface area contributed by atoms with Gasteiger partial charge in [-0.15, -0.1) is 22.0 Å². The Morgan fingerprint density at radius 1 is 1.70 bits per heavy atom. The Hall–Kier alpha value is -1.63. The number of thioether (sulfide) groups is 2. The molecule has 4 N–H and O–H groups in total. The molecule has 12 heteroatoms. The van der Waals surface area contributed by atoms with Crippen molar-refractivity contribution in [3.05, 3.63) is 16.8 Å². The largest absolute Gasteiger partial charge is 0.477 e. The van der Waals surface area contributed by atoms with Crippen molar-refractivity contribution in [2.75, 3.05) is 11.5 Å². The number of carboxylic acid groups (broad SMARTS) is 1. The maximum atomic E-state index is 12.2. The summed E-state index contributed by atoms with van der Waals surface area (Å²) >= 11 is 4.04. The first-order valence-electron chi connectivity index (χ1n) is 6.28. The highest BCUT2D eigenvalue weighted by molar-refractivity contribution is 8.01. The average Bonchev–Trinajstić information content (AvgIpc) is 3.05. The molecule has 1 fully saturated rings. The molecule has 2 atom stereocenters. The standard InChI is InChI=1S/C11H11N5O4S3/c12-11(13-3-17)8(20)16-6(7(18)19)5(1-21-9(11)16)2-22-10-15-14-4-23-10/h3-4,9H,1-2,12H2,(H,13,17)(H,18,19)/t9-,11+/m1/s1. The van der Waals surface area contributed by atoms with Crippen LogP contribution in [0.25, 0.3) is 0 Å². The number of fused-ring (bicyclic) bond motifs is 1. The summed E-state index contributed by atoms with van der Waals surface area (Å²) in [5.41, 5.74) is 6.46. The minimum atomic E-state index is -1.55. The van der Waals surface area contributed by atoms with Crippen LogP contribution in [0.4, 0.5) is 0 Å². The van der Waals surface area contributed by atoms with Crippen molar-refractivity contribution in [3.63, 3.8) is 0 Å². The zero-order valence-electron chi connectivity index (χ0n) is 11.5. The van der Waals surface area contributed by atoms with Gasteiger partial charge >= 0.3 is 5.97 Å². The molecule has 0 aliphatic carbocycles. The van der Waals surface area contributed by atoms with Gasteiger partial charge in [0.05, 0.1) is 0 Å². The maximum Gasteiger partial charge on any atom is 0.352 e. The Kier molecular flexibility index (Phi) is 4.31. The highest BCUT2D eigenvalue weighted by Crippen LogP contribution is 2.44. The van der Waals surface area contributed by atoms with Gasteiger partial charge in [-0.1, -0.05) is 23.1 Å². The summed E-state index contributed by atoms with van der Waals surface area (Å²) < 4.78 is 0.722. The fourth-order valence-electron chi connectivity index (χ4n) is 2.36. The molecule has 0 bridgehead atoms. The maximum absolute atomic E-state index is 12.2. The zero-order valence-corrected chi connectivity index (χ0v) is 13.9. The lowest BCUT2D eigenvalue weighted by Crippen LogP contribution is -2.83. The minimum absolute atomic E-state index is 0.0652. The highest BCUT2D eigenvalue weighted by Gasteiger charge is 2.62. The van der Waals surface area contributed by atoms with Gasteiger partial charge in [0, 0.05) is 11.5 Å². The van der Waals surface area contributed by atoms with E-state index in [9.17, 15) is 19.5 Å². The Balaban J connectivity index is 1.84. The van der Waals surface area contributed by atoms with Crippen molar-refractivity contribution in [1.29, 1.82) is 0 Å². The molecular formula is C11H11N5O4S3. The van der Waals surface area contributed by atoms with E-state index in [0.717, 1.165) is 9.24 Å². The number of rotatable bonds is 6. The first-order chi connectivity index (χ1) is 11.0. The van der Waals surface area contributed by atoms with Crippen LogP contribution in [0, 0.1) is 0 Å². The third-order valence-electron chi connectivity index (χ3n) is 3.40. The molecule has 2 aliphatic rings. The number of hydrogen-bond acceptors (Lipinski definition) is 9. The summed E-state index contributed by atoms with van der Waals surface area (Å²) in [5, 5.41) is 18.7. The van der Waals surface area contributed by atoms with Crippen molar-refractivity contribution >= 4 is 53.1 Å². The van der Waals surface area contributed by atoms with Gasteiger partial charge in [-0.3, -0.25) is 20.2 Å². The predicted octanol–water partition coefficient (Wildman–Crippen LogP) is -0.715. The number of carbonyl (C=O) groups excluding carboxylic acids is 2. The normalized spacial score (nSPS) is 26.6. The molecule has 0 aromatic carbocycles. The Labute approximate surface area is 142 Å². The van der Waals surface area contributed by atoms with Crippen molar-refractivity contribution in [2.24, 2.45) is 5.73 Å². The van der Waals surface area contributed by atoms with Gasteiger partial charge in [-0.05, 0) is 5.57 Å². The highest BCUT2D eigenvalue weighted by atomic mass is 32.2. The van der Waals surface area contributed by atoms with E-state index in [1.165, 1.54) is 34.9 Å². The molecule has 1 aromatic rings. The molecule has 2 aliphatic heterocycles. The van der Waals surface area contributed by atoms with E-state index in [2.05, 4.69) is 15.5 Å². The van der Waals surface area contributed by atoms with E-state index >= 15 is 0 Å². The summed E-state index contributed by atoms with van der Waals surface area (Å²) in [5.74, 6) is -1.03. The van der Waals surface area contributed by atoms with Crippen molar-refractivity contribution < 1.29 is 19.5 Å². The van der Waals surface area contributed by atoms with Crippen LogP contribution in [0.3, 0.4) is 0 Å². The zero-order chi connectivity index (χ0) is 16.6. The van der Waals surface area contributed by atoms with Gasteiger partial charge in [-0.2, -0.15) is 0 Å². The Bertz CT molecular complexity index is 694. The summed E-state index contributed by atoms with van der Waals surface area (Å²) in [7, 11) is 0. The number of amides is 2. The monoisotopic (exact) mass is 373 g/mol. The molecule has 0 unspecified atom stereocenters. The van der Waals surface area contributed by atoms with E-state index in [1.54, 1.807) is 5.51 Å². The molecule has 9 nitrogen and oxygen atoms in total. The van der Waals surface area contributed by atoms with E-state index in [-0.39, 0.29) is 5.70 Å². The lowest BCUT2D eigenvalue weighted by molar-refractivity contribution is -0.157. The topological polar surface area (TPSA) is 139 Å². The van der Waals surface area contributed by atoms with Gasteiger partial charge < -0.3 is 10.4 Å².